The quantitative estimate of drug-likeness (QED) is 0.592. The van der Waals surface area contributed by atoms with Gasteiger partial charge in [-0.1, -0.05) is 0 Å². The predicted octanol–water partition coefficient (Wildman–Crippen LogP) is 0.382. The highest BCUT2D eigenvalue weighted by Gasteiger charge is 2.02. The third-order valence-electron chi connectivity index (χ3n) is 1.72. The van der Waals surface area contributed by atoms with E-state index in [-0.39, 0.29) is 12.7 Å². The van der Waals surface area contributed by atoms with E-state index < -0.39 is 0 Å². The topological polar surface area (TPSA) is 41.5 Å². The van der Waals surface area contributed by atoms with Gasteiger partial charge >= 0.3 is 0 Å². The van der Waals surface area contributed by atoms with Crippen LogP contribution in [0, 0.1) is 0 Å². The second-order valence-corrected chi connectivity index (χ2v) is 2.87. The van der Waals surface area contributed by atoms with Crippen molar-refractivity contribution in [3.8, 4) is 0 Å². The number of methoxy groups -OCH3 is 1. The fourth-order valence-corrected chi connectivity index (χ4v) is 0.746. The van der Waals surface area contributed by atoms with E-state index in [4.69, 9.17) is 9.84 Å². The van der Waals surface area contributed by atoms with E-state index >= 15 is 0 Å². The van der Waals surface area contributed by atoms with Crippen LogP contribution in [-0.4, -0.2) is 37.5 Å². The zero-order chi connectivity index (χ0) is 8.69. The van der Waals surface area contributed by atoms with Gasteiger partial charge in [-0.2, -0.15) is 0 Å². The van der Waals surface area contributed by atoms with Crippen LogP contribution >= 0.6 is 0 Å². The van der Waals surface area contributed by atoms with Gasteiger partial charge in [0.25, 0.3) is 0 Å². The smallest absolute Gasteiger partial charge is 0.0667 e. The SMILES string of the molecule is COC(C)CNC(C)CCO. The molecule has 2 atom stereocenters. The minimum atomic E-state index is 0.246. The molecule has 0 fully saturated rings. The zero-order valence-electron chi connectivity index (χ0n) is 7.63. The Morgan fingerprint density at radius 1 is 1.45 bits per heavy atom. The van der Waals surface area contributed by atoms with Gasteiger partial charge in [-0.15, -0.1) is 0 Å². The Balaban J connectivity index is 3.22. The summed E-state index contributed by atoms with van der Waals surface area (Å²) < 4.78 is 5.05. The molecule has 2 N–H and O–H groups in total. The average Bonchev–Trinajstić information content (AvgIpc) is 2.01. The van der Waals surface area contributed by atoms with E-state index in [1.54, 1.807) is 7.11 Å². The lowest BCUT2D eigenvalue weighted by atomic mass is 10.2. The molecule has 0 spiro atoms. The Labute approximate surface area is 68.8 Å². The molecule has 0 bridgehead atoms. The van der Waals surface area contributed by atoms with Crippen molar-refractivity contribution in [1.29, 1.82) is 0 Å². The molecule has 68 valence electrons. The third-order valence-corrected chi connectivity index (χ3v) is 1.72. The van der Waals surface area contributed by atoms with Crippen molar-refractivity contribution >= 4 is 0 Å². The molecule has 0 saturated carbocycles. The minimum absolute atomic E-state index is 0.246. The maximum Gasteiger partial charge on any atom is 0.0667 e. The minimum Gasteiger partial charge on any atom is -0.396 e. The molecule has 11 heavy (non-hydrogen) atoms. The van der Waals surface area contributed by atoms with Crippen molar-refractivity contribution in [2.45, 2.75) is 32.4 Å². The highest BCUT2D eigenvalue weighted by Crippen LogP contribution is 1.90. The van der Waals surface area contributed by atoms with Gasteiger partial charge in [-0.3, -0.25) is 0 Å². The molecule has 0 aromatic carbocycles. The van der Waals surface area contributed by atoms with Gasteiger partial charge in [0.15, 0.2) is 0 Å². The van der Waals surface area contributed by atoms with Crippen molar-refractivity contribution in [3.63, 3.8) is 0 Å². The lowest BCUT2D eigenvalue weighted by molar-refractivity contribution is 0.113. The van der Waals surface area contributed by atoms with Gasteiger partial charge in [0.05, 0.1) is 6.10 Å². The first-order valence-electron chi connectivity index (χ1n) is 4.07. The van der Waals surface area contributed by atoms with Gasteiger partial charge in [0.1, 0.15) is 0 Å². The summed E-state index contributed by atoms with van der Waals surface area (Å²) in [5.74, 6) is 0. The Morgan fingerprint density at radius 3 is 2.55 bits per heavy atom. The molecule has 0 rings (SSSR count). The van der Waals surface area contributed by atoms with Crippen LogP contribution in [0.15, 0.2) is 0 Å². The summed E-state index contributed by atoms with van der Waals surface area (Å²) in [6.07, 6.45) is 1.05. The summed E-state index contributed by atoms with van der Waals surface area (Å²) in [5, 5.41) is 11.8. The van der Waals surface area contributed by atoms with Gasteiger partial charge in [-0.25, -0.2) is 0 Å². The first kappa shape index (κ1) is 10.9. The van der Waals surface area contributed by atoms with Crippen LogP contribution in [0.5, 0.6) is 0 Å². The van der Waals surface area contributed by atoms with Crippen molar-refractivity contribution in [2.24, 2.45) is 0 Å². The van der Waals surface area contributed by atoms with E-state index in [1.807, 2.05) is 6.92 Å². The molecule has 0 radical (unpaired) electrons. The van der Waals surface area contributed by atoms with Crippen LogP contribution in [0.1, 0.15) is 20.3 Å². The monoisotopic (exact) mass is 161 g/mol. The van der Waals surface area contributed by atoms with Crippen molar-refractivity contribution < 1.29 is 9.84 Å². The third kappa shape index (κ3) is 6.28. The van der Waals surface area contributed by atoms with Crippen molar-refractivity contribution in [3.05, 3.63) is 0 Å². The van der Waals surface area contributed by atoms with Gasteiger partial charge in [-0.05, 0) is 20.3 Å². The molecule has 0 aromatic rings. The average molecular weight is 161 g/mol. The van der Waals surface area contributed by atoms with Gasteiger partial charge in [0.2, 0.25) is 0 Å². The van der Waals surface area contributed by atoms with E-state index in [0.717, 1.165) is 13.0 Å². The lowest BCUT2D eigenvalue weighted by Crippen LogP contribution is -2.33. The largest absolute Gasteiger partial charge is 0.396 e. The molecule has 0 aliphatic carbocycles. The predicted molar refractivity (Wildman–Crippen MR) is 45.6 cm³/mol. The second-order valence-electron chi connectivity index (χ2n) is 2.87. The van der Waals surface area contributed by atoms with Crippen LogP contribution in [0.2, 0.25) is 0 Å². The van der Waals surface area contributed by atoms with Crippen LogP contribution < -0.4 is 5.32 Å². The standard InChI is InChI=1S/C8H19NO2/c1-7(4-5-10)9-6-8(2)11-3/h7-10H,4-6H2,1-3H3. The number of hydrogen-bond acceptors (Lipinski definition) is 3. The normalized spacial score (nSPS) is 16.4. The summed E-state index contributed by atoms with van der Waals surface area (Å²) in [4.78, 5) is 0. The number of hydrogen-bond donors (Lipinski definition) is 2. The molecular weight excluding hydrogens is 142 g/mol. The highest BCUT2D eigenvalue weighted by atomic mass is 16.5. The summed E-state index contributed by atoms with van der Waals surface area (Å²) in [6.45, 7) is 5.16. The number of aliphatic hydroxyl groups is 1. The summed E-state index contributed by atoms with van der Waals surface area (Å²) in [7, 11) is 1.70. The highest BCUT2D eigenvalue weighted by molar-refractivity contribution is 4.62. The Bertz CT molecular complexity index is 88.2. The van der Waals surface area contributed by atoms with Crippen LogP contribution in [0.25, 0.3) is 0 Å². The molecule has 0 amide bonds. The number of nitrogens with one attached hydrogen (secondary N) is 1. The van der Waals surface area contributed by atoms with E-state index in [0.29, 0.717) is 6.04 Å². The van der Waals surface area contributed by atoms with E-state index in [2.05, 4.69) is 12.2 Å². The molecule has 0 aromatic heterocycles. The molecule has 0 aliphatic rings. The summed E-state index contributed by atoms with van der Waals surface area (Å²) in [6, 6.07) is 0.373. The molecule has 3 heteroatoms. The summed E-state index contributed by atoms with van der Waals surface area (Å²) in [5.41, 5.74) is 0. The van der Waals surface area contributed by atoms with E-state index in [1.165, 1.54) is 0 Å². The van der Waals surface area contributed by atoms with E-state index in [9.17, 15) is 0 Å². The number of aliphatic hydroxyl groups excluding tert-OH is 1. The molecule has 2 unspecified atom stereocenters. The maximum atomic E-state index is 8.59. The number of rotatable bonds is 6. The fraction of sp³-hybridized carbons (Fsp3) is 1.00. The Kier molecular flexibility index (Phi) is 6.51. The molecule has 0 heterocycles. The van der Waals surface area contributed by atoms with Gasteiger partial charge < -0.3 is 15.2 Å². The maximum absolute atomic E-state index is 8.59. The molecule has 0 aliphatic heterocycles. The van der Waals surface area contributed by atoms with Gasteiger partial charge in [0, 0.05) is 26.3 Å². The lowest BCUT2D eigenvalue weighted by Gasteiger charge is -2.15. The summed E-state index contributed by atoms with van der Waals surface area (Å²) >= 11 is 0. The van der Waals surface area contributed by atoms with Crippen molar-refractivity contribution in [1.82, 2.24) is 5.32 Å². The number of ether oxygens (including phenoxy) is 1. The molecular formula is C8H19NO2. The fourth-order valence-electron chi connectivity index (χ4n) is 0.746. The zero-order valence-corrected chi connectivity index (χ0v) is 7.63. The second kappa shape index (κ2) is 6.58. The van der Waals surface area contributed by atoms with Crippen LogP contribution in [0.3, 0.4) is 0 Å². The van der Waals surface area contributed by atoms with Crippen molar-refractivity contribution in [2.75, 3.05) is 20.3 Å². The Hall–Kier alpha value is -0.120. The molecule has 3 nitrogen and oxygen atoms in total. The first-order chi connectivity index (χ1) is 5.20. The first-order valence-corrected chi connectivity index (χ1v) is 4.07. The molecule has 0 saturated heterocycles. The van der Waals surface area contributed by atoms with Crippen LogP contribution in [-0.2, 0) is 4.74 Å². The van der Waals surface area contributed by atoms with Crippen LogP contribution in [0.4, 0.5) is 0 Å². The Morgan fingerprint density at radius 2 is 2.09 bits per heavy atom.